The second-order valence-corrected chi connectivity index (χ2v) is 12.6. The molecule has 2 aromatic rings. The number of aromatic nitrogens is 1. The maximum atomic E-state index is 14.2. The lowest BCUT2D eigenvalue weighted by molar-refractivity contribution is -0.142. The van der Waals surface area contributed by atoms with E-state index in [1.807, 2.05) is 51.1 Å². The van der Waals surface area contributed by atoms with Crippen LogP contribution in [-0.2, 0) is 19.0 Å². The molecule has 3 heterocycles. The van der Waals surface area contributed by atoms with Gasteiger partial charge in [-0.15, -0.1) is 0 Å². The topological polar surface area (TPSA) is 139 Å². The zero-order valence-electron chi connectivity index (χ0n) is 24.6. The van der Waals surface area contributed by atoms with Gasteiger partial charge in [0.05, 0.1) is 12.5 Å². The minimum atomic E-state index is -1.12. The van der Waals surface area contributed by atoms with Crippen LogP contribution in [0.1, 0.15) is 65.7 Å². The molecule has 2 saturated heterocycles. The van der Waals surface area contributed by atoms with Gasteiger partial charge in [-0.05, 0) is 61.5 Å². The van der Waals surface area contributed by atoms with Gasteiger partial charge in [0, 0.05) is 24.6 Å². The van der Waals surface area contributed by atoms with Crippen LogP contribution >= 0.6 is 0 Å². The number of hydrogen-bond donors (Lipinski definition) is 3. The molecule has 4 atom stereocenters. The normalized spacial score (nSPS) is 24.0. The predicted molar refractivity (Wildman–Crippen MR) is 156 cm³/mol. The Kier molecular flexibility index (Phi) is 9.22. The maximum Gasteiger partial charge on any atom is 0.478 e. The summed E-state index contributed by atoms with van der Waals surface area (Å²) in [6.07, 6.45) is 5.49. The molecule has 42 heavy (non-hydrogen) atoms. The average Bonchev–Trinajstić information content (AvgIpc) is 3.62. The molecule has 0 bridgehead atoms. The van der Waals surface area contributed by atoms with Crippen LogP contribution in [0.15, 0.2) is 36.5 Å². The number of fused-ring (bicyclic) bond motifs is 1. The number of hydrogen-bond acceptors (Lipinski definition) is 8. The molecule has 2 aliphatic heterocycles. The molecule has 1 aromatic heterocycles. The Morgan fingerprint density at radius 2 is 1.86 bits per heavy atom. The number of benzene rings is 1. The molecule has 0 radical (unpaired) electrons. The fourth-order valence-electron chi connectivity index (χ4n) is 6.03. The monoisotopic (exact) mass is 580 g/mol. The Morgan fingerprint density at radius 3 is 2.60 bits per heavy atom. The minimum Gasteiger partial charge on any atom is -0.472 e. The standard InChI is InChI=1S/C30H41BN4O7/c1-30(2,3)25(34-29(38)42-20-10-5-6-11-20)28(37)35-18-21(41-27-22-12-7-4-9-19(22)14-15-32-27)17-23(35)26(36)33-24-13-8-16-40-31(24)39/h4,7,9,12,14-15,20-21,23-25,39H,5-6,8,10-11,13,16-18H2,1-3H3,(H,33,36)(H,34,38)/t21-,23+,24?,25+/m1/s1. The molecule has 12 heteroatoms. The Labute approximate surface area is 246 Å². The fourth-order valence-corrected chi connectivity index (χ4v) is 6.03. The number of amides is 3. The van der Waals surface area contributed by atoms with Crippen molar-refractivity contribution < 1.29 is 33.5 Å². The minimum absolute atomic E-state index is 0.122. The average molecular weight is 580 g/mol. The maximum absolute atomic E-state index is 14.2. The molecule has 3 fully saturated rings. The van der Waals surface area contributed by atoms with Crippen LogP contribution in [0.25, 0.3) is 10.8 Å². The van der Waals surface area contributed by atoms with Crippen molar-refractivity contribution in [2.45, 2.75) is 95.9 Å². The summed E-state index contributed by atoms with van der Waals surface area (Å²) in [5, 5.41) is 17.8. The smallest absolute Gasteiger partial charge is 0.472 e. The molecule has 1 aliphatic carbocycles. The van der Waals surface area contributed by atoms with Crippen LogP contribution in [0.2, 0.25) is 0 Å². The first-order chi connectivity index (χ1) is 20.1. The first-order valence-corrected chi connectivity index (χ1v) is 15.0. The van der Waals surface area contributed by atoms with E-state index >= 15 is 0 Å². The number of pyridine rings is 1. The van der Waals surface area contributed by atoms with Crippen molar-refractivity contribution in [3.63, 3.8) is 0 Å². The summed E-state index contributed by atoms with van der Waals surface area (Å²) < 4.78 is 17.2. The van der Waals surface area contributed by atoms with Crippen LogP contribution < -0.4 is 15.4 Å². The van der Waals surface area contributed by atoms with Gasteiger partial charge in [0.15, 0.2) is 0 Å². The number of rotatable bonds is 7. The summed E-state index contributed by atoms with van der Waals surface area (Å²) in [7, 11) is -1.12. The van der Waals surface area contributed by atoms with E-state index in [0.29, 0.717) is 25.3 Å². The fraction of sp³-hybridized carbons (Fsp3) is 0.600. The Bertz CT molecular complexity index is 1280. The van der Waals surface area contributed by atoms with Gasteiger partial charge in [0.2, 0.25) is 17.7 Å². The van der Waals surface area contributed by atoms with Crippen molar-refractivity contribution in [2.75, 3.05) is 13.2 Å². The number of carbonyl (C=O) groups is 3. The SMILES string of the molecule is CC(C)(C)[C@@H](NC(=O)OC1CCCC1)C(=O)N1C[C@H](Oc2nccc3ccccc23)C[C@H]1C(=O)NC1CCCOB1O. The third-order valence-electron chi connectivity index (χ3n) is 8.33. The predicted octanol–water partition coefficient (Wildman–Crippen LogP) is 2.98. The van der Waals surface area contributed by atoms with Crippen molar-refractivity contribution in [1.29, 1.82) is 0 Å². The second kappa shape index (κ2) is 12.9. The van der Waals surface area contributed by atoms with E-state index in [2.05, 4.69) is 15.6 Å². The quantitative estimate of drug-likeness (QED) is 0.425. The lowest BCUT2D eigenvalue weighted by Crippen LogP contribution is -2.59. The zero-order valence-corrected chi connectivity index (χ0v) is 24.6. The van der Waals surface area contributed by atoms with E-state index in [0.717, 1.165) is 36.5 Å². The van der Waals surface area contributed by atoms with Crippen molar-refractivity contribution >= 4 is 35.8 Å². The van der Waals surface area contributed by atoms with Crippen LogP contribution in [0, 0.1) is 5.41 Å². The number of likely N-dealkylation sites (tertiary alicyclic amines) is 1. The highest BCUT2D eigenvalue weighted by molar-refractivity contribution is 6.45. The molecular weight excluding hydrogens is 539 g/mol. The van der Waals surface area contributed by atoms with Crippen molar-refractivity contribution in [3.05, 3.63) is 36.5 Å². The third-order valence-corrected chi connectivity index (χ3v) is 8.33. The third kappa shape index (κ3) is 6.98. The molecule has 5 rings (SSSR count). The number of alkyl carbamates (subject to hydrolysis) is 1. The summed E-state index contributed by atoms with van der Waals surface area (Å²) in [5.41, 5.74) is -0.670. The number of carbonyl (C=O) groups excluding carboxylic acids is 3. The molecule has 0 spiro atoms. The molecule has 11 nitrogen and oxygen atoms in total. The summed E-state index contributed by atoms with van der Waals surface area (Å²) in [6, 6.07) is 7.78. The number of ether oxygens (including phenoxy) is 2. The van der Waals surface area contributed by atoms with Crippen LogP contribution in [0.4, 0.5) is 4.79 Å². The highest BCUT2D eigenvalue weighted by Crippen LogP contribution is 2.31. The van der Waals surface area contributed by atoms with E-state index in [1.54, 1.807) is 6.20 Å². The number of nitrogens with one attached hydrogen (secondary N) is 2. The highest BCUT2D eigenvalue weighted by atomic mass is 16.6. The molecule has 3 N–H and O–H groups in total. The Morgan fingerprint density at radius 1 is 1.10 bits per heavy atom. The molecule has 3 aliphatic rings. The largest absolute Gasteiger partial charge is 0.478 e. The first kappa shape index (κ1) is 30.1. The van der Waals surface area contributed by atoms with E-state index in [1.165, 1.54) is 4.90 Å². The van der Waals surface area contributed by atoms with Gasteiger partial charge in [-0.25, -0.2) is 9.78 Å². The van der Waals surface area contributed by atoms with Crippen molar-refractivity contribution in [2.24, 2.45) is 5.41 Å². The molecule has 1 saturated carbocycles. The van der Waals surface area contributed by atoms with Gasteiger partial charge in [-0.2, -0.15) is 0 Å². The molecule has 226 valence electrons. The Balaban J connectivity index is 1.37. The first-order valence-electron chi connectivity index (χ1n) is 15.0. The van der Waals surface area contributed by atoms with Gasteiger partial charge < -0.3 is 34.7 Å². The van der Waals surface area contributed by atoms with Gasteiger partial charge in [0.25, 0.3) is 0 Å². The van der Waals surface area contributed by atoms with Gasteiger partial charge >= 0.3 is 13.2 Å². The van der Waals surface area contributed by atoms with Crippen molar-refractivity contribution in [1.82, 2.24) is 20.5 Å². The summed E-state index contributed by atoms with van der Waals surface area (Å²) in [6.45, 7) is 6.13. The van der Waals surface area contributed by atoms with Gasteiger partial charge in [-0.1, -0.05) is 39.0 Å². The Hall–Kier alpha value is -3.38. The molecule has 1 unspecified atom stereocenters. The summed E-state index contributed by atoms with van der Waals surface area (Å²) in [4.78, 5) is 46.6. The van der Waals surface area contributed by atoms with E-state index in [-0.39, 0.29) is 19.1 Å². The lowest BCUT2D eigenvalue weighted by atomic mass is 9.74. The second-order valence-electron chi connectivity index (χ2n) is 12.6. The van der Waals surface area contributed by atoms with Crippen LogP contribution in [0.5, 0.6) is 5.88 Å². The molecule has 1 aromatic carbocycles. The van der Waals surface area contributed by atoms with Crippen molar-refractivity contribution in [3.8, 4) is 5.88 Å². The van der Waals surface area contributed by atoms with Gasteiger partial charge in [-0.3, -0.25) is 9.59 Å². The van der Waals surface area contributed by atoms with Crippen LogP contribution in [-0.4, -0.2) is 83.3 Å². The van der Waals surface area contributed by atoms with E-state index in [4.69, 9.17) is 14.1 Å². The number of nitrogens with zero attached hydrogens (tertiary/aromatic N) is 2. The van der Waals surface area contributed by atoms with Gasteiger partial charge in [0.1, 0.15) is 24.3 Å². The molecular formula is C30H41BN4O7. The van der Waals surface area contributed by atoms with E-state index < -0.39 is 54.6 Å². The summed E-state index contributed by atoms with van der Waals surface area (Å²) >= 11 is 0. The van der Waals surface area contributed by atoms with E-state index in [9.17, 15) is 19.4 Å². The highest BCUT2D eigenvalue weighted by Gasteiger charge is 2.47. The molecule has 3 amide bonds. The summed E-state index contributed by atoms with van der Waals surface area (Å²) in [5.74, 6) is -0.964. The zero-order chi connectivity index (χ0) is 29.9. The lowest BCUT2D eigenvalue weighted by Gasteiger charge is -2.35. The van der Waals surface area contributed by atoms with Crippen LogP contribution in [0.3, 0.4) is 0 Å².